The van der Waals surface area contributed by atoms with Crippen LogP contribution in [0.15, 0.2) is 53.8 Å². The highest BCUT2D eigenvalue weighted by atomic mass is 19.3. The molecule has 4 aromatic rings. The van der Waals surface area contributed by atoms with E-state index in [1.165, 1.54) is 18.2 Å². The van der Waals surface area contributed by atoms with Crippen molar-refractivity contribution in [2.75, 3.05) is 0 Å². The van der Waals surface area contributed by atoms with Gasteiger partial charge in [-0.3, -0.25) is 9.67 Å². The first-order valence-electron chi connectivity index (χ1n) is 8.77. The lowest BCUT2D eigenvalue weighted by Crippen LogP contribution is -2.20. The SMILES string of the molecule is C=Nc1ccc(C(F)(F)c2nnc3ccc(-c4cnn(C)c4)nn23)cc1/C=C\C. The molecule has 7 nitrogen and oxygen atoms in total. The Morgan fingerprint density at radius 2 is 2.00 bits per heavy atom. The zero-order valence-electron chi connectivity index (χ0n) is 15.8. The first kappa shape index (κ1) is 18.6. The van der Waals surface area contributed by atoms with Gasteiger partial charge in [0.1, 0.15) is 0 Å². The maximum atomic E-state index is 15.4. The number of allylic oxidation sites excluding steroid dienone is 1. The van der Waals surface area contributed by atoms with Crippen LogP contribution in [0.2, 0.25) is 0 Å². The van der Waals surface area contributed by atoms with Gasteiger partial charge in [-0.2, -0.15) is 23.5 Å². The van der Waals surface area contributed by atoms with Crippen LogP contribution in [0.3, 0.4) is 0 Å². The maximum absolute atomic E-state index is 15.4. The Bertz CT molecular complexity index is 1240. The zero-order valence-corrected chi connectivity index (χ0v) is 15.8. The summed E-state index contributed by atoms with van der Waals surface area (Å²) in [6, 6.07) is 7.47. The fourth-order valence-corrected chi connectivity index (χ4v) is 3.03. The molecular formula is C20H17F2N7. The molecule has 0 amide bonds. The largest absolute Gasteiger partial charge is 0.333 e. The number of halogens is 2. The summed E-state index contributed by atoms with van der Waals surface area (Å²) in [5, 5.41) is 16.0. The van der Waals surface area contributed by atoms with Crippen molar-refractivity contribution in [1.29, 1.82) is 0 Å². The van der Waals surface area contributed by atoms with Crippen molar-refractivity contribution in [2.45, 2.75) is 12.8 Å². The minimum Gasteiger partial charge on any atom is -0.275 e. The molecular weight excluding hydrogens is 376 g/mol. The van der Waals surface area contributed by atoms with Crippen molar-refractivity contribution in [1.82, 2.24) is 29.6 Å². The number of nitrogens with zero attached hydrogens (tertiary/aromatic N) is 7. The Kier molecular flexibility index (Phi) is 4.50. The predicted octanol–water partition coefficient (Wildman–Crippen LogP) is 4.03. The van der Waals surface area contributed by atoms with Crippen molar-refractivity contribution < 1.29 is 8.78 Å². The third kappa shape index (κ3) is 3.20. The molecule has 146 valence electrons. The normalized spacial score (nSPS) is 12.1. The summed E-state index contributed by atoms with van der Waals surface area (Å²) in [5.74, 6) is -3.99. The van der Waals surface area contributed by atoms with E-state index in [1.54, 1.807) is 55.3 Å². The number of aryl methyl sites for hydroxylation is 1. The van der Waals surface area contributed by atoms with Crippen LogP contribution >= 0.6 is 0 Å². The molecule has 0 N–H and O–H groups in total. The second-order valence-corrected chi connectivity index (χ2v) is 6.42. The third-order valence-corrected chi connectivity index (χ3v) is 4.45. The Labute approximate surface area is 165 Å². The van der Waals surface area contributed by atoms with Crippen molar-refractivity contribution in [3.63, 3.8) is 0 Å². The van der Waals surface area contributed by atoms with Gasteiger partial charge in [0.2, 0.25) is 5.82 Å². The number of aliphatic imine (C=N–C) groups is 1. The fourth-order valence-electron chi connectivity index (χ4n) is 3.03. The summed E-state index contributed by atoms with van der Waals surface area (Å²) < 4.78 is 33.5. The second kappa shape index (κ2) is 7.01. The van der Waals surface area contributed by atoms with E-state index in [1.807, 2.05) is 0 Å². The average molecular weight is 393 g/mol. The predicted molar refractivity (Wildman–Crippen MR) is 106 cm³/mol. The lowest BCUT2D eigenvalue weighted by molar-refractivity contribution is 0.0306. The van der Waals surface area contributed by atoms with Crippen LogP contribution in [-0.2, 0) is 13.0 Å². The highest BCUT2D eigenvalue weighted by Crippen LogP contribution is 2.37. The van der Waals surface area contributed by atoms with E-state index in [9.17, 15) is 0 Å². The molecule has 0 aliphatic carbocycles. The maximum Gasteiger partial charge on any atom is 0.333 e. The Morgan fingerprint density at radius 3 is 2.69 bits per heavy atom. The zero-order chi connectivity index (χ0) is 20.6. The Hall–Kier alpha value is -3.75. The van der Waals surface area contributed by atoms with Crippen LogP contribution in [0.4, 0.5) is 14.5 Å². The summed E-state index contributed by atoms with van der Waals surface area (Å²) in [6.45, 7) is 5.28. The Balaban J connectivity index is 1.84. The van der Waals surface area contributed by atoms with Gasteiger partial charge < -0.3 is 0 Å². The summed E-state index contributed by atoms with van der Waals surface area (Å²) in [4.78, 5) is 3.87. The lowest BCUT2D eigenvalue weighted by atomic mass is 10.0. The van der Waals surface area contributed by atoms with E-state index < -0.39 is 11.7 Å². The van der Waals surface area contributed by atoms with Crippen LogP contribution < -0.4 is 0 Å². The van der Waals surface area contributed by atoms with E-state index >= 15 is 8.78 Å². The van der Waals surface area contributed by atoms with Crippen molar-refractivity contribution in [3.8, 4) is 11.3 Å². The quantitative estimate of drug-likeness (QED) is 0.480. The molecule has 29 heavy (non-hydrogen) atoms. The van der Waals surface area contributed by atoms with Crippen LogP contribution in [0, 0.1) is 0 Å². The molecule has 0 saturated carbocycles. The molecule has 0 aliphatic heterocycles. The molecule has 0 bridgehead atoms. The molecule has 0 atom stereocenters. The second-order valence-electron chi connectivity index (χ2n) is 6.42. The molecule has 3 heterocycles. The van der Waals surface area contributed by atoms with Gasteiger partial charge in [0.15, 0.2) is 5.65 Å². The number of rotatable bonds is 5. The first-order valence-corrected chi connectivity index (χ1v) is 8.77. The summed E-state index contributed by atoms with van der Waals surface area (Å²) >= 11 is 0. The minimum atomic E-state index is -3.42. The lowest BCUT2D eigenvalue weighted by Gasteiger charge is -2.16. The van der Waals surface area contributed by atoms with Gasteiger partial charge >= 0.3 is 5.92 Å². The number of benzene rings is 1. The fraction of sp³-hybridized carbons (Fsp3) is 0.150. The molecule has 1 aromatic carbocycles. The summed E-state index contributed by atoms with van der Waals surface area (Å²) in [7, 11) is 1.77. The van der Waals surface area contributed by atoms with Crippen LogP contribution in [-0.4, -0.2) is 36.3 Å². The number of alkyl halides is 2. The number of hydrogen-bond donors (Lipinski definition) is 0. The van der Waals surface area contributed by atoms with Gasteiger partial charge in [-0.1, -0.05) is 18.2 Å². The molecule has 4 rings (SSSR count). The molecule has 0 aliphatic rings. The standard InChI is InChI=1S/C20H17F2N7/c1-4-5-13-10-15(6-7-16(13)23-2)20(21,22)19-26-25-18-9-8-17(27-29(18)19)14-11-24-28(3)12-14/h4-12H,2H2,1,3H3/b5-4-. The van der Waals surface area contributed by atoms with E-state index in [4.69, 9.17) is 0 Å². The van der Waals surface area contributed by atoms with E-state index in [2.05, 4.69) is 32.1 Å². The number of fused-ring (bicyclic) bond motifs is 1. The Morgan fingerprint density at radius 1 is 1.17 bits per heavy atom. The van der Waals surface area contributed by atoms with Gasteiger partial charge in [-0.25, -0.2) is 0 Å². The summed E-state index contributed by atoms with van der Waals surface area (Å²) in [6.07, 6.45) is 6.81. The molecule has 3 aromatic heterocycles. The molecule has 0 spiro atoms. The highest BCUT2D eigenvalue weighted by Gasteiger charge is 2.40. The minimum absolute atomic E-state index is 0.227. The first-order chi connectivity index (χ1) is 13.9. The van der Waals surface area contributed by atoms with Gasteiger partial charge in [0.25, 0.3) is 0 Å². The molecule has 0 unspecified atom stereocenters. The molecule has 0 fully saturated rings. The molecule has 0 saturated heterocycles. The number of hydrogen-bond acceptors (Lipinski definition) is 5. The van der Waals surface area contributed by atoms with Crippen LogP contribution in [0.1, 0.15) is 23.9 Å². The third-order valence-electron chi connectivity index (χ3n) is 4.45. The van der Waals surface area contributed by atoms with Gasteiger partial charge in [-0.05, 0) is 37.9 Å². The van der Waals surface area contributed by atoms with Gasteiger partial charge in [0, 0.05) is 29.9 Å². The smallest absolute Gasteiger partial charge is 0.275 e. The van der Waals surface area contributed by atoms with Gasteiger partial charge in [0.05, 0.1) is 17.6 Å². The van der Waals surface area contributed by atoms with Crippen molar-refractivity contribution in [2.24, 2.45) is 12.0 Å². The van der Waals surface area contributed by atoms with Crippen molar-refractivity contribution >= 4 is 24.1 Å². The topological polar surface area (TPSA) is 73.3 Å². The molecule has 9 heteroatoms. The average Bonchev–Trinajstić information content (AvgIpc) is 3.34. The van der Waals surface area contributed by atoms with E-state index in [0.717, 1.165) is 4.52 Å². The summed E-state index contributed by atoms with van der Waals surface area (Å²) in [5.41, 5.74) is 2.24. The van der Waals surface area contributed by atoms with E-state index in [0.29, 0.717) is 22.5 Å². The van der Waals surface area contributed by atoms with Crippen molar-refractivity contribution in [3.05, 3.63) is 65.8 Å². The van der Waals surface area contributed by atoms with Gasteiger partial charge in [-0.15, -0.1) is 10.2 Å². The van der Waals surface area contributed by atoms with Crippen LogP contribution in [0.25, 0.3) is 23.0 Å². The monoisotopic (exact) mass is 393 g/mol. The van der Waals surface area contributed by atoms with Crippen LogP contribution in [0.5, 0.6) is 0 Å². The molecule has 0 radical (unpaired) electrons. The highest BCUT2D eigenvalue weighted by molar-refractivity contribution is 5.67. The number of aromatic nitrogens is 6. The van der Waals surface area contributed by atoms with E-state index in [-0.39, 0.29) is 11.2 Å².